The number of nitriles is 1. The molecular weight excluding hydrogens is 406 g/mol. The first kappa shape index (κ1) is 20.5. The standard InChI is InChI=1S/C22H22ClN3O4/c1-30-20-13-5-2-6-16(23)14(13)10-15(19(20)22(28)29)17-7-8-18(25-17)21(27)26-9-3-4-12(26)11-24/h2,5-6,10,12,17-18,25H,3-4,7-9H2,1H3,(H,28,29)/t12-,17+,18-/m0/s1. The molecule has 2 aromatic rings. The van der Waals surface area contributed by atoms with Crippen LogP contribution in [-0.2, 0) is 4.79 Å². The van der Waals surface area contributed by atoms with Gasteiger partial charge in [0.05, 0.1) is 19.2 Å². The molecule has 0 unspecified atom stereocenters. The number of likely N-dealkylation sites (tertiary alicyclic amines) is 1. The molecule has 4 rings (SSSR count). The highest BCUT2D eigenvalue weighted by molar-refractivity contribution is 6.35. The summed E-state index contributed by atoms with van der Waals surface area (Å²) in [5, 5.41) is 24.3. The zero-order valence-electron chi connectivity index (χ0n) is 16.5. The molecule has 2 heterocycles. The number of carboxylic acids is 1. The number of benzene rings is 2. The number of fused-ring (bicyclic) bond motifs is 1. The fourth-order valence-corrected chi connectivity index (χ4v) is 4.86. The van der Waals surface area contributed by atoms with Gasteiger partial charge in [-0.2, -0.15) is 5.26 Å². The molecule has 0 saturated carbocycles. The van der Waals surface area contributed by atoms with Crippen LogP contribution >= 0.6 is 11.6 Å². The fourth-order valence-electron chi connectivity index (χ4n) is 4.63. The van der Waals surface area contributed by atoms with E-state index in [2.05, 4.69) is 11.4 Å². The van der Waals surface area contributed by atoms with Crippen molar-refractivity contribution in [3.05, 3.63) is 40.4 Å². The predicted octanol–water partition coefficient (Wildman–Crippen LogP) is 3.51. The minimum Gasteiger partial charge on any atom is -0.495 e. The Hall–Kier alpha value is -2.82. The third-order valence-electron chi connectivity index (χ3n) is 6.04. The lowest BCUT2D eigenvalue weighted by molar-refractivity contribution is -0.133. The summed E-state index contributed by atoms with van der Waals surface area (Å²) < 4.78 is 5.48. The van der Waals surface area contributed by atoms with Crippen LogP contribution in [0.5, 0.6) is 5.75 Å². The van der Waals surface area contributed by atoms with Gasteiger partial charge in [-0.05, 0) is 43.4 Å². The monoisotopic (exact) mass is 427 g/mol. The summed E-state index contributed by atoms with van der Waals surface area (Å²) in [5.41, 5.74) is 0.627. The minimum absolute atomic E-state index is 0.0777. The Morgan fingerprint density at radius 2 is 2.10 bits per heavy atom. The summed E-state index contributed by atoms with van der Waals surface area (Å²) in [4.78, 5) is 26.7. The van der Waals surface area contributed by atoms with Gasteiger partial charge in [0.25, 0.3) is 0 Å². The first-order valence-electron chi connectivity index (χ1n) is 9.94. The average molecular weight is 428 g/mol. The molecule has 2 N–H and O–H groups in total. The van der Waals surface area contributed by atoms with Crippen molar-refractivity contribution >= 4 is 34.2 Å². The van der Waals surface area contributed by atoms with E-state index >= 15 is 0 Å². The number of aromatic carboxylic acids is 1. The smallest absolute Gasteiger partial charge is 0.339 e. The van der Waals surface area contributed by atoms with Crippen LogP contribution in [0, 0.1) is 11.3 Å². The SMILES string of the molecule is COc1c(C(=O)O)c([C@H]2CC[C@@H](C(=O)N3CCC[C@H]3C#N)N2)cc2c(Cl)cccc12. The largest absolute Gasteiger partial charge is 0.495 e. The number of rotatable bonds is 4. The summed E-state index contributed by atoms with van der Waals surface area (Å²) in [6, 6.07) is 8.09. The quantitative estimate of drug-likeness (QED) is 0.774. The van der Waals surface area contributed by atoms with Crippen LogP contribution in [0.3, 0.4) is 0 Å². The van der Waals surface area contributed by atoms with Gasteiger partial charge in [-0.3, -0.25) is 10.1 Å². The maximum atomic E-state index is 13.0. The predicted molar refractivity (Wildman–Crippen MR) is 112 cm³/mol. The zero-order valence-corrected chi connectivity index (χ0v) is 17.3. The van der Waals surface area contributed by atoms with Gasteiger partial charge in [0.15, 0.2) is 0 Å². The summed E-state index contributed by atoms with van der Waals surface area (Å²) in [5.74, 6) is -0.924. The number of halogens is 1. The van der Waals surface area contributed by atoms with Crippen molar-refractivity contribution in [2.45, 2.75) is 43.8 Å². The van der Waals surface area contributed by atoms with Crippen molar-refractivity contribution < 1.29 is 19.4 Å². The molecule has 1 amide bonds. The van der Waals surface area contributed by atoms with E-state index in [0.717, 1.165) is 6.42 Å². The molecule has 2 saturated heterocycles. The summed E-state index contributed by atoms with van der Waals surface area (Å²) in [7, 11) is 1.44. The van der Waals surface area contributed by atoms with Crippen molar-refractivity contribution in [2.75, 3.05) is 13.7 Å². The van der Waals surface area contributed by atoms with Gasteiger partial charge in [0.1, 0.15) is 17.4 Å². The lowest BCUT2D eigenvalue weighted by Gasteiger charge is -2.24. The lowest BCUT2D eigenvalue weighted by atomic mass is 9.93. The van der Waals surface area contributed by atoms with Gasteiger partial charge < -0.3 is 14.7 Å². The Morgan fingerprint density at radius 3 is 2.80 bits per heavy atom. The van der Waals surface area contributed by atoms with Crippen molar-refractivity contribution in [2.24, 2.45) is 0 Å². The number of methoxy groups -OCH3 is 1. The first-order valence-corrected chi connectivity index (χ1v) is 10.3. The molecule has 0 spiro atoms. The van der Waals surface area contributed by atoms with Crippen LogP contribution in [-0.4, -0.2) is 47.6 Å². The van der Waals surface area contributed by atoms with Crippen molar-refractivity contribution in [3.63, 3.8) is 0 Å². The minimum atomic E-state index is -1.09. The Morgan fingerprint density at radius 1 is 1.30 bits per heavy atom. The number of nitrogens with zero attached hydrogens (tertiary/aromatic N) is 2. The van der Waals surface area contributed by atoms with Crippen LogP contribution in [0.1, 0.15) is 47.6 Å². The molecule has 0 bridgehead atoms. The molecular formula is C22H22ClN3O4. The van der Waals surface area contributed by atoms with Gasteiger partial charge in [-0.15, -0.1) is 0 Å². The highest BCUT2D eigenvalue weighted by Crippen LogP contribution is 2.41. The molecule has 2 fully saturated rings. The van der Waals surface area contributed by atoms with Crippen LogP contribution in [0.2, 0.25) is 5.02 Å². The lowest BCUT2D eigenvalue weighted by Crippen LogP contribution is -2.45. The van der Waals surface area contributed by atoms with Crippen molar-refractivity contribution in [3.8, 4) is 11.8 Å². The number of carbonyl (C=O) groups is 2. The third-order valence-corrected chi connectivity index (χ3v) is 6.37. The van der Waals surface area contributed by atoms with Gasteiger partial charge in [0, 0.05) is 28.4 Å². The highest BCUT2D eigenvalue weighted by Gasteiger charge is 2.38. The summed E-state index contributed by atoms with van der Waals surface area (Å²) in [6.07, 6.45) is 2.69. The summed E-state index contributed by atoms with van der Waals surface area (Å²) >= 11 is 6.38. The molecule has 2 aromatic carbocycles. The number of carboxylic acid groups (broad SMARTS) is 1. The van der Waals surface area contributed by atoms with E-state index < -0.39 is 12.0 Å². The van der Waals surface area contributed by atoms with Crippen molar-refractivity contribution in [1.82, 2.24) is 10.2 Å². The normalized spacial score (nSPS) is 23.5. The molecule has 3 atom stereocenters. The number of carbonyl (C=O) groups excluding carboxylic acids is 1. The van der Waals surface area contributed by atoms with E-state index in [1.54, 1.807) is 29.2 Å². The van der Waals surface area contributed by atoms with E-state index in [1.807, 2.05) is 0 Å². The average Bonchev–Trinajstić information content (AvgIpc) is 3.41. The van der Waals surface area contributed by atoms with E-state index in [1.165, 1.54) is 7.11 Å². The zero-order chi connectivity index (χ0) is 21.4. The second-order valence-corrected chi connectivity index (χ2v) is 8.09. The van der Waals surface area contributed by atoms with Crippen LogP contribution in [0.25, 0.3) is 10.8 Å². The topological polar surface area (TPSA) is 103 Å². The van der Waals surface area contributed by atoms with E-state index in [-0.39, 0.29) is 29.3 Å². The van der Waals surface area contributed by atoms with E-state index in [0.29, 0.717) is 47.2 Å². The number of ether oxygens (including phenoxy) is 1. The second-order valence-electron chi connectivity index (χ2n) is 7.68. The van der Waals surface area contributed by atoms with Gasteiger partial charge >= 0.3 is 5.97 Å². The first-order chi connectivity index (χ1) is 14.5. The van der Waals surface area contributed by atoms with E-state index in [4.69, 9.17) is 16.3 Å². The van der Waals surface area contributed by atoms with Gasteiger partial charge in [-0.1, -0.05) is 23.7 Å². The van der Waals surface area contributed by atoms with E-state index in [9.17, 15) is 20.0 Å². The molecule has 30 heavy (non-hydrogen) atoms. The molecule has 156 valence electrons. The number of nitrogens with one attached hydrogen (secondary N) is 1. The Kier molecular flexibility index (Phi) is 5.54. The van der Waals surface area contributed by atoms with Crippen LogP contribution in [0.15, 0.2) is 24.3 Å². The van der Waals surface area contributed by atoms with Crippen LogP contribution < -0.4 is 10.1 Å². The molecule has 2 aliphatic rings. The van der Waals surface area contributed by atoms with Crippen LogP contribution in [0.4, 0.5) is 0 Å². The van der Waals surface area contributed by atoms with Gasteiger partial charge in [0.2, 0.25) is 5.91 Å². The third kappa shape index (κ3) is 3.36. The molecule has 2 aliphatic heterocycles. The van der Waals surface area contributed by atoms with Gasteiger partial charge in [-0.25, -0.2) is 4.79 Å². The maximum absolute atomic E-state index is 13.0. The second kappa shape index (κ2) is 8.13. The fraction of sp³-hybridized carbons (Fsp3) is 0.409. The Labute approximate surface area is 179 Å². The molecule has 0 radical (unpaired) electrons. The number of hydrogen-bond donors (Lipinski definition) is 2. The molecule has 0 aromatic heterocycles. The Bertz CT molecular complexity index is 1060. The molecule has 7 nitrogen and oxygen atoms in total. The molecule has 0 aliphatic carbocycles. The molecule has 8 heteroatoms. The number of amides is 1. The summed E-state index contributed by atoms with van der Waals surface area (Å²) in [6.45, 7) is 0.583. The Balaban J connectivity index is 1.71. The maximum Gasteiger partial charge on any atom is 0.339 e. The number of hydrogen-bond acceptors (Lipinski definition) is 5. The van der Waals surface area contributed by atoms with Crippen molar-refractivity contribution in [1.29, 1.82) is 5.26 Å². The highest BCUT2D eigenvalue weighted by atomic mass is 35.5.